The maximum absolute atomic E-state index is 12.3. The summed E-state index contributed by atoms with van der Waals surface area (Å²) in [7, 11) is 0. The molecule has 1 aliphatic rings. The van der Waals surface area contributed by atoms with Gasteiger partial charge in [0.25, 0.3) is 5.91 Å². The van der Waals surface area contributed by atoms with Crippen molar-refractivity contribution in [1.82, 2.24) is 0 Å². The first-order valence-electron chi connectivity index (χ1n) is 8.60. The molecule has 0 aromatic heterocycles. The number of benzene rings is 2. The van der Waals surface area contributed by atoms with E-state index in [-0.39, 0.29) is 18.2 Å². The van der Waals surface area contributed by atoms with Gasteiger partial charge in [0.2, 0.25) is 5.91 Å². The van der Waals surface area contributed by atoms with Crippen molar-refractivity contribution in [2.24, 2.45) is 10.2 Å². The van der Waals surface area contributed by atoms with Gasteiger partial charge >= 0.3 is 0 Å². The number of unbranched alkanes of at least 4 members (excludes halogenated alkanes) is 1. The van der Waals surface area contributed by atoms with Crippen LogP contribution in [0.2, 0.25) is 0 Å². The fourth-order valence-corrected chi connectivity index (χ4v) is 2.89. The molecule has 0 saturated carbocycles. The van der Waals surface area contributed by atoms with Gasteiger partial charge in [-0.05, 0) is 42.2 Å². The highest BCUT2D eigenvalue weighted by Crippen LogP contribution is 2.30. The molecule has 0 aliphatic carbocycles. The summed E-state index contributed by atoms with van der Waals surface area (Å²) < 4.78 is 0. The van der Waals surface area contributed by atoms with Crippen LogP contribution < -0.4 is 5.32 Å². The minimum atomic E-state index is -0.419. The van der Waals surface area contributed by atoms with E-state index >= 15 is 0 Å². The first-order chi connectivity index (χ1) is 12.2. The molecule has 1 N–H and O–H groups in total. The Morgan fingerprint density at radius 1 is 1.12 bits per heavy atom. The number of carbonyl (C=O) groups excluding carboxylic acids is 2. The van der Waals surface area contributed by atoms with Gasteiger partial charge in [0.15, 0.2) is 0 Å². The Kier molecular flexibility index (Phi) is 5.33. The number of azo groups is 1. The van der Waals surface area contributed by atoms with Gasteiger partial charge in [-0.2, -0.15) is 5.11 Å². The molecule has 0 spiro atoms. The number of aryl methyl sites for hydroxylation is 1. The molecule has 1 aliphatic heterocycles. The van der Waals surface area contributed by atoms with E-state index in [2.05, 4.69) is 22.5 Å². The molecule has 1 atom stereocenters. The van der Waals surface area contributed by atoms with Crippen molar-refractivity contribution in [3.63, 3.8) is 0 Å². The average Bonchev–Trinajstić information content (AvgIpc) is 2.64. The number of anilines is 1. The molecule has 0 fully saturated rings. The monoisotopic (exact) mass is 335 g/mol. The first-order valence-corrected chi connectivity index (χ1v) is 8.60. The summed E-state index contributed by atoms with van der Waals surface area (Å²) >= 11 is 0. The maximum Gasteiger partial charge on any atom is 0.295 e. The highest BCUT2D eigenvalue weighted by molar-refractivity contribution is 5.97. The predicted octanol–water partition coefficient (Wildman–Crippen LogP) is 4.71. The lowest BCUT2D eigenvalue weighted by molar-refractivity contribution is -0.116. The Labute approximate surface area is 147 Å². The summed E-state index contributed by atoms with van der Waals surface area (Å²) in [6, 6.07) is 14.7. The lowest BCUT2D eigenvalue weighted by Gasteiger charge is -2.17. The van der Waals surface area contributed by atoms with E-state index in [1.54, 1.807) is 12.1 Å². The molecule has 2 aromatic rings. The Hall–Kier alpha value is -2.82. The van der Waals surface area contributed by atoms with Gasteiger partial charge in [-0.15, -0.1) is 5.11 Å². The topological polar surface area (TPSA) is 70.9 Å². The van der Waals surface area contributed by atoms with Gasteiger partial charge in [0.1, 0.15) is 6.04 Å². The van der Waals surface area contributed by atoms with Crippen LogP contribution in [0.25, 0.3) is 0 Å². The summed E-state index contributed by atoms with van der Waals surface area (Å²) in [6.07, 6.45) is 3.54. The zero-order valence-corrected chi connectivity index (χ0v) is 14.2. The molecule has 0 radical (unpaired) electrons. The Morgan fingerprint density at radius 2 is 1.88 bits per heavy atom. The first kappa shape index (κ1) is 17.0. The van der Waals surface area contributed by atoms with E-state index in [4.69, 9.17) is 0 Å². The van der Waals surface area contributed by atoms with E-state index < -0.39 is 6.04 Å². The van der Waals surface area contributed by atoms with E-state index in [9.17, 15) is 9.59 Å². The number of rotatable bonds is 6. The molecule has 128 valence electrons. The van der Waals surface area contributed by atoms with Crippen LogP contribution in [0.5, 0.6) is 0 Å². The van der Waals surface area contributed by atoms with E-state index in [1.165, 1.54) is 12.0 Å². The van der Waals surface area contributed by atoms with Crippen LogP contribution in [-0.2, 0) is 11.2 Å². The number of nitrogens with one attached hydrogen (secondary N) is 1. The molecule has 3 rings (SSSR count). The van der Waals surface area contributed by atoms with Crippen molar-refractivity contribution in [2.45, 2.75) is 38.6 Å². The Bertz CT molecular complexity index is 797. The molecule has 0 bridgehead atoms. The van der Waals surface area contributed by atoms with Gasteiger partial charge in [-0.3, -0.25) is 9.59 Å². The van der Waals surface area contributed by atoms with E-state index in [1.807, 2.05) is 36.4 Å². The predicted molar refractivity (Wildman–Crippen MR) is 96.7 cm³/mol. The summed E-state index contributed by atoms with van der Waals surface area (Å²) in [5.41, 5.74) is 3.32. The number of amides is 2. The van der Waals surface area contributed by atoms with Crippen molar-refractivity contribution in [1.29, 1.82) is 0 Å². The minimum absolute atomic E-state index is 0.144. The molecule has 5 nitrogen and oxygen atoms in total. The maximum atomic E-state index is 12.3. The number of fused-ring (bicyclic) bond motifs is 1. The zero-order valence-electron chi connectivity index (χ0n) is 14.2. The third-order valence-corrected chi connectivity index (χ3v) is 4.27. The highest BCUT2D eigenvalue weighted by atomic mass is 16.2. The molecule has 25 heavy (non-hydrogen) atoms. The molecule has 0 saturated heterocycles. The second-order valence-electron chi connectivity index (χ2n) is 6.18. The normalized spacial score (nSPS) is 15.7. The van der Waals surface area contributed by atoms with E-state index in [0.29, 0.717) is 5.56 Å². The number of hydrogen-bond acceptors (Lipinski definition) is 3. The smallest absolute Gasteiger partial charge is 0.295 e. The second kappa shape index (κ2) is 7.83. The third kappa shape index (κ3) is 4.18. The molecule has 1 unspecified atom stereocenters. The summed E-state index contributed by atoms with van der Waals surface area (Å²) in [5.74, 6) is -0.496. The van der Waals surface area contributed by atoms with Gasteiger partial charge in [-0.1, -0.05) is 43.7 Å². The molecule has 2 aromatic carbocycles. The van der Waals surface area contributed by atoms with Crippen molar-refractivity contribution >= 4 is 17.5 Å². The third-order valence-electron chi connectivity index (χ3n) is 4.27. The molecular formula is C20H21N3O2. The van der Waals surface area contributed by atoms with Gasteiger partial charge in [-0.25, -0.2) is 0 Å². The molecule has 1 heterocycles. The number of nitrogens with zero attached hydrogens (tertiary/aromatic N) is 2. The molecule has 5 heteroatoms. The van der Waals surface area contributed by atoms with Crippen molar-refractivity contribution < 1.29 is 9.59 Å². The zero-order chi connectivity index (χ0) is 17.6. The second-order valence-corrected chi connectivity index (χ2v) is 6.18. The quantitative estimate of drug-likeness (QED) is 0.830. The van der Waals surface area contributed by atoms with Crippen LogP contribution in [0, 0.1) is 0 Å². The SMILES string of the molecule is CCCCc1ccc(NC(=O)CC2N=NC(=O)c3ccccc32)cc1. The standard InChI is InChI=1S/C20H21N3O2/c1-2-3-6-14-9-11-15(12-10-14)21-19(24)13-18-16-7-4-5-8-17(16)20(25)23-22-18/h4-5,7-12,18H,2-3,6,13H2,1H3,(H,21,24). The Morgan fingerprint density at radius 3 is 2.64 bits per heavy atom. The minimum Gasteiger partial charge on any atom is -0.326 e. The van der Waals surface area contributed by atoms with Gasteiger partial charge < -0.3 is 5.32 Å². The van der Waals surface area contributed by atoms with Crippen molar-refractivity contribution in [3.05, 3.63) is 65.2 Å². The van der Waals surface area contributed by atoms with E-state index in [0.717, 1.165) is 24.1 Å². The van der Waals surface area contributed by atoms with Crippen molar-refractivity contribution in [2.75, 3.05) is 5.32 Å². The van der Waals surface area contributed by atoms with Gasteiger partial charge in [0.05, 0.1) is 6.42 Å². The fraction of sp³-hybridized carbons (Fsp3) is 0.300. The molecular weight excluding hydrogens is 314 g/mol. The summed E-state index contributed by atoms with van der Waals surface area (Å²) in [4.78, 5) is 24.1. The van der Waals surface area contributed by atoms with Crippen LogP contribution in [-0.4, -0.2) is 11.8 Å². The number of hydrogen-bond donors (Lipinski definition) is 1. The Balaban J connectivity index is 1.63. The van der Waals surface area contributed by atoms with Crippen LogP contribution in [0.4, 0.5) is 5.69 Å². The largest absolute Gasteiger partial charge is 0.326 e. The average molecular weight is 335 g/mol. The lowest BCUT2D eigenvalue weighted by Crippen LogP contribution is -2.18. The van der Waals surface area contributed by atoms with Crippen LogP contribution in [0.1, 0.15) is 53.7 Å². The van der Waals surface area contributed by atoms with Crippen LogP contribution in [0.3, 0.4) is 0 Å². The van der Waals surface area contributed by atoms with Gasteiger partial charge in [0, 0.05) is 11.3 Å². The van der Waals surface area contributed by atoms with Crippen LogP contribution >= 0.6 is 0 Å². The molecule has 2 amide bonds. The van der Waals surface area contributed by atoms with Crippen molar-refractivity contribution in [3.8, 4) is 0 Å². The fourth-order valence-electron chi connectivity index (χ4n) is 2.89. The summed E-state index contributed by atoms with van der Waals surface area (Å²) in [6.45, 7) is 2.17. The van der Waals surface area contributed by atoms with Crippen LogP contribution in [0.15, 0.2) is 58.8 Å². The highest BCUT2D eigenvalue weighted by Gasteiger charge is 2.25. The number of carbonyl (C=O) groups is 2. The lowest BCUT2D eigenvalue weighted by atomic mass is 9.97. The summed E-state index contributed by atoms with van der Waals surface area (Å²) in [5, 5.41) is 10.5.